The van der Waals surface area contributed by atoms with Crippen molar-refractivity contribution >= 4 is 0 Å². The van der Waals surface area contributed by atoms with Crippen molar-refractivity contribution in [3.63, 3.8) is 0 Å². The van der Waals surface area contributed by atoms with Crippen molar-refractivity contribution < 1.29 is 0 Å². The molecule has 1 aliphatic carbocycles. The van der Waals surface area contributed by atoms with E-state index < -0.39 is 0 Å². The standard InChI is InChI=1S/C19H39N/c1-4-5-6-7-8-9-10-11-12-18(20)17-13-15-19(2,3)16-14-17/h17-18H,4-16,20H2,1-3H3. The molecule has 0 amide bonds. The maximum Gasteiger partial charge on any atom is 0.00671 e. The maximum atomic E-state index is 6.42. The van der Waals surface area contributed by atoms with Crippen molar-refractivity contribution in [1.82, 2.24) is 0 Å². The van der Waals surface area contributed by atoms with Gasteiger partial charge in [0.2, 0.25) is 0 Å². The Morgan fingerprint density at radius 3 is 1.95 bits per heavy atom. The molecule has 0 saturated heterocycles. The average Bonchev–Trinajstić information content (AvgIpc) is 2.41. The van der Waals surface area contributed by atoms with Crippen molar-refractivity contribution in [2.24, 2.45) is 17.1 Å². The highest BCUT2D eigenvalue weighted by molar-refractivity contribution is 4.83. The molecular weight excluding hydrogens is 242 g/mol. The molecule has 1 rings (SSSR count). The summed E-state index contributed by atoms with van der Waals surface area (Å²) in [5, 5.41) is 0. The highest BCUT2D eigenvalue weighted by Crippen LogP contribution is 2.39. The molecule has 120 valence electrons. The average molecular weight is 282 g/mol. The molecule has 20 heavy (non-hydrogen) atoms. The molecule has 2 N–H and O–H groups in total. The van der Waals surface area contributed by atoms with Crippen molar-refractivity contribution in [3.8, 4) is 0 Å². The lowest BCUT2D eigenvalue weighted by Gasteiger charge is -2.36. The molecule has 1 aliphatic rings. The Kier molecular flexibility index (Phi) is 8.84. The van der Waals surface area contributed by atoms with Gasteiger partial charge in [0, 0.05) is 6.04 Å². The first-order valence-electron chi connectivity index (χ1n) is 9.31. The zero-order valence-corrected chi connectivity index (χ0v) is 14.4. The van der Waals surface area contributed by atoms with E-state index in [1.165, 1.54) is 83.5 Å². The monoisotopic (exact) mass is 281 g/mol. The summed E-state index contributed by atoms with van der Waals surface area (Å²) in [6.07, 6.45) is 18.0. The van der Waals surface area contributed by atoms with Gasteiger partial charge < -0.3 is 5.73 Å². The summed E-state index contributed by atoms with van der Waals surface area (Å²) in [6, 6.07) is 0.478. The quantitative estimate of drug-likeness (QED) is 0.484. The van der Waals surface area contributed by atoms with E-state index >= 15 is 0 Å². The first-order chi connectivity index (χ1) is 9.55. The van der Waals surface area contributed by atoms with Crippen LogP contribution in [0.5, 0.6) is 0 Å². The predicted molar refractivity (Wildman–Crippen MR) is 90.9 cm³/mol. The van der Waals surface area contributed by atoms with Crippen LogP contribution >= 0.6 is 0 Å². The fourth-order valence-corrected chi connectivity index (χ4v) is 3.60. The molecule has 0 bridgehead atoms. The van der Waals surface area contributed by atoms with Gasteiger partial charge >= 0.3 is 0 Å². The fourth-order valence-electron chi connectivity index (χ4n) is 3.60. The van der Waals surface area contributed by atoms with E-state index in [0.717, 1.165) is 5.92 Å². The highest BCUT2D eigenvalue weighted by Gasteiger charge is 2.29. The Balaban J connectivity index is 1.96. The van der Waals surface area contributed by atoms with Crippen LogP contribution < -0.4 is 5.73 Å². The van der Waals surface area contributed by atoms with E-state index in [2.05, 4.69) is 20.8 Å². The predicted octanol–water partition coefficient (Wildman–Crippen LogP) is 6.06. The van der Waals surface area contributed by atoms with Crippen LogP contribution in [0.15, 0.2) is 0 Å². The van der Waals surface area contributed by atoms with Crippen molar-refractivity contribution in [2.45, 2.75) is 110 Å². The van der Waals surface area contributed by atoms with Crippen LogP contribution in [0, 0.1) is 11.3 Å². The highest BCUT2D eigenvalue weighted by atomic mass is 14.7. The molecular formula is C19H39N. The second-order valence-corrected chi connectivity index (χ2v) is 7.93. The van der Waals surface area contributed by atoms with Crippen molar-refractivity contribution in [1.29, 1.82) is 0 Å². The molecule has 0 aromatic carbocycles. The van der Waals surface area contributed by atoms with Crippen LogP contribution in [-0.4, -0.2) is 6.04 Å². The topological polar surface area (TPSA) is 26.0 Å². The molecule has 1 nitrogen and oxygen atoms in total. The molecule has 0 heterocycles. The maximum absolute atomic E-state index is 6.42. The smallest absolute Gasteiger partial charge is 0.00671 e. The zero-order chi connectivity index (χ0) is 14.8. The number of rotatable bonds is 10. The lowest BCUT2D eigenvalue weighted by Crippen LogP contribution is -2.34. The van der Waals surface area contributed by atoms with E-state index in [-0.39, 0.29) is 0 Å². The Morgan fingerprint density at radius 1 is 0.900 bits per heavy atom. The van der Waals surface area contributed by atoms with Crippen LogP contribution in [0.4, 0.5) is 0 Å². The van der Waals surface area contributed by atoms with E-state index in [1.807, 2.05) is 0 Å². The lowest BCUT2D eigenvalue weighted by molar-refractivity contribution is 0.169. The van der Waals surface area contributed by atoms with E-state index in [0.29, 0.717) is 11.5 Å². The molecule has 0 aromatic rings. The van der Waals surface area contributed by atoms with Gasteiger partial charge in [0.15, 0.2) is 0 Å². The summed E-state index contributed by atoms with van der Waals surface area (Å²) in [4.78, 5) is 0. The van der Waals surface area contributed by atoms with Gasteiger partial charge in [-0.1, -0.05) is 72.1 Å². The van der Waals surface area contributed by atoms with Crippen molar-refractivity contribution in [3.05, 3.63) is 0 Å². The molecule has 0 aromatic heterocycles. The number of hydrogen-bond acceptors (Lipinski definition) is 1. The molecule has 1 heteroatoms. The zero-order valence-electron chi connectivity index (χ0n) is 14.4. The minimum atomic E-state index is 0.478. The Bertz CT molecular complexity index is 224. The van der Waals surface area contributed by atoms with Crippen LogP contribution in [0.1, 0.15) is 104 Å². The Hall–Kier alpha value is -0.0400. The molecule has 1 fully saturated rings. The van der Waals surface area contributed by atoms with Gasteiger partial charge in [-0.25, -0.2) is 0 Å². The van der Waals surface area contributed by atoms with Gasteiger partial charge in [0.1, 0.15) is 0 Å². The third-order valence-electron chi connectivity index (χ3n) is 5.38. The Labute approximate surface area is 128 Å². The summed E-state index contributed by atoms with van der Waals surface area (Å²) in [6.45, 7) is 7.11. The van der Waals surface area contributed by atoms with Crippen LogP contribution in [0.3, 0.4) is 0 Å². The second kappa shape index (κ2) is 9.82. The van der Waals surface area contributed by atoms with Gasteiger partial charge in [0.25, 0.3) is 0 Å². The summed E-state index contributed by atoms with van der Waals surface area (Å²) >= 11 is 0. The number of nitrogens with two attached hydrogens (primary N) is 1. The van der Waals surface area contributed by atoms with Gasteiger partial charge in [-0.15, -0.1) is 0 Å². The first kappa shape index (κ1) is 18.0. The van der Waals surface area contributed by atoms with Crippen LogP contribution in [0.25, 0.3) is 0 Å². The van der Waals surface area contributed by atoms with Crippen LogP contribution in [0.2, 0.25) is 0 Å². The van der Waals surface area contributed by atoms with Gasteiger partial charge in [-0.05, 0) is 43.4 Å². The molecule has 1 unspecified atom stereocenters. The lowest BCUT2D eigenvalue weighted by atomic mass is 9.70. The number of hydrogen-bond donors (Lipinski definition) is 1. The first-order valence-corrected chi connectivity index (χ1v) is 9.31. The van der Waals surface area contributed by atoms with Gasteiger partial charge in [-0.3, -0.25) is 0 Å². The Morgan fingerprint density at radius 2 is 1.40 bits per heavy atom. The summed E-state index contributed by atoms with van der Waals surface area (Å²) in [7, 11) is 0. The molecule has 0 aliphatic heterocycles. The second-order valence-electron chi connectivity index (χ2n) is 7.93. The number of unbranched alkanes of at least 4 members (excludes halogenated alkanes) is 7. The molecule has 0 spiro atoms. The van der Waals surface area contributed by atoms with Gasteiger partial charge in [-0.2, -0.15) is 0 Å². The SMILES string of the molecule is CCCCCCCCCCC(N)C1CCC(C)(C)CC1. The molecule has 1 saturated carbocycles. The van der Waals surface area contributed by atoms with Crippen molar-refractivity contribution in [2.75, 3.05) is 0 Å². The summed E-state index contributed by atoms with van der Waals surface area (Å²) in [5.74, 6) is 0.813. The third kappa shape index (κ3) is 7.67. The van der Waals surface area contributed by atoms with E-state index in [4.69, 9.17) is 5.73 Å². The van der Waals surface area contributed by atoms with E-state index in [9.17, 15) is 0 Å². The third-order valence-corrected chi connectivity index (χ3v) is 5.38. The fraction of sp³-hybridized carbons (Fsp3) is 1.00. The van der Waals surface area contributed by atoms with E-state index in [1.54, 1.807) is 0 Å². The minimum Gasteiger partial charge on any atom is -0.327 e. The minimum absolute atomic E-state index is 0.478. The normalized spacial score (nSPS) is 21.0. The van der Waals surface area contributed by atoms with Gasteiger partial charge in [0.05, 0.1) is 0 Å². The summed E-state index contributed by atoms with van der Waals surface area (Å²) in [5.41, 5.74) is 7.00. The molecule has 0 radical (unpaired) electrons. The van der Waals surface area contributed by atoms with Crippen LogP contribution in [-0.2, 0) is 0 Å². The largest absolute Gasteiger partial charge is 0.327 e. The summed E-state index contributed by atoms with van der Waals surface area (Å²) < 4.78 is 0. The molecule has 1 atom stereocenters.